The standard InChI is InChI=1S/C22H18ClN3O4S2/c1-29-17-3-2-4-18(12-17)31-19-7-8-20(22-21(19)24-30-25-22)32(27,28)26-10-9-14-11-16(23)6-5-15(14)13-26/h2-8,11-12H,9-10,13H2,1H3. The van der Waals surface area contributed by atoms with Crippen molar-refractivity contribution in [1.29, 1.82) is 0 Å². The van der Waals surface area contributed by atoms with E-state index in [2.05, 4.69) is 10.3 Å². The first-order chi connectivity index (χ1) is 15.5. The van der Waals surface area contributed by atoms with Crippen molar-refractivity contribution in [2.75, 3.05) is 13.7 Å². The number of methoxy groups -OCH3 is 1. The third kappa shape index (κ3) is 3.86. The minimum atomic E-state index is -3.80. The molecule has 0 spiro atoms. The summed E-state index contributed by atoms with van der Waals surface area (Å²) in [5, 5.41) is 8.56. The fourth-order valence-electron chi connectivity index (χ4n) is 3.74. The largest absolute Gasteiger partial charge is 0.497 e. The molecule has 0 saturated carbocycles. The zero-order chi connectivity index (χ0) is 22.3. The van der Waals surface area contributed by atoms with Gasteiger partial charge in [-0.05, 0) is 70.3 Å². The molecule has 2 heterocycles. The van der Waals surface area contributed by atoms with Crippen molar-refractivity contribution in [2.24, 2.45) is 0 Å². The Hall–Kier alpha value is -2.59. The fraction of sp³-hybridized carbons (Fsp3) is 0.182. The van der Waals surface area contributed by atoms with Crippen LogP contribution in [-0.4, -0.2) is 36.7 Å². The van der Waals surface area contributed by atoms with Crippen LogP contribution in [0.2, 0.25) is 5.02 Å². The Morgan fingerprint density at radius 3 is 2.75 bits per heavy atom. The van der Waals surface area contributed by atoms with Crippen LogP contribution in [0.25, 0.3) is 11.0 Å². The summed E-state index contributed by atoms with van der Waals surface area (Å²) < 4.78 is 38.7. The zero-order valence-electron chi connectivity index (χ0n) is 17.0. The zero-order valence-corrected chi connectivity index (χ0v) is 19.4. The number of halogens is 1. The molecule has 0 atom stereocenters. The molecule has 3 aromatic carbocycles. The van der Waals surface area contributed by atoms with E-state index in [-0.39, 0.29) is 17.0 Å². The summed E-state index contributed by atoms with van der Waals surface area (Å²) in [5.41, 5.74) is 2.65. The summed E-state index contributed by atoms with van der Waals surface area (Å²) in [6.45, 7) is 0.644. The van der Waals surface area contributed by atoms with Crippen molar-refractivity contribution in [3.63, 3.8) is 0 Å². The number of ether oxygens (including phenoxy) is 1. The van der Waals surface area contributed by atoms with Crippen LogP contribution in [0, 0.1) is 0 Å². The molecule has 4 aromatic rings. The fourth-order valence-corrected chi connectivity index (χ4v) is 6.42. The molecular formula is C22H18ClN3O4S2. The molecule has 7 nitrogen and oxygen atoms in total. The Morgan fingerprint density at radius 2 is 1.91 bits per heavy atom. The van der Waals surface area contributed by atoms with Gasteiger partial charge in [0.15, 0.2) is 11.0 Å². The summed E-state index contributed by atoms with van der Waals surface area (Å²) in [5.74, 6) is 0.732. The van der Waals surface area contributed by atoms with E-state index in [0.717, 1.165) is 26.7 Å². The molecular weight excluding hydrogens is 470 g/mol. The van der Waals surface area contributed by atoms with E-state index in [9.17, 15) is 8.42 Å². The van der Waals surface area contributed by atoms with E-state index in [1.165, 1.54) is 16.1 Å². The first kappa shape index (κ1) is 21.3. The van der Waals surface area contributed by atoms with E-state index in [1.807, 2.05) is 36.4 Å². The number of benzene rings is 3. The third-order valence-corrected chi connectivity index (χ3v) is 8.52. The normalized spacial score (nSPS) is 14.4. The molecule has 0 saturated heterocycles. The monoisotopic (exact) mass is 487 g/mol. The topological polar surface area (TPSA) is 85.5 Å². The summed E-state index contributed by atoms with van der Waals surface area (Å²) in [7, 11) is -2.20. The van der Waals surface area contributed by atoms with Crippen LogP contribution in [0.3, 0.4) is 0 Å². The molecule has 0 fully saturated rings. The average molecular weight is 488 g/mol. The van der Waals surface area contributed by atoms with Crippen molar-refractivity contribution in [2.45, 2.75) is 27.7 Å². The van der Waals surface area contributed by atoms with Crippen molar-refractivity contribution in [1.82, 2.24) is 14.6 Å². The lowest BCUT2D eigenvalue weighted by molar-refractivity contribution is 0.314. The van der Waals surface area contributed by atoms with Gasteiger partial charge in [-0.3, -0.25) is 0 Å². The predicted molar refractivity (Wildman–Crippen MR) is 122 cm³/mol. The third-order valence-electron chi connectivity index (χ3n) is 5.37. The van der Waals surface area contributed by atoms with Crippen LogP contribution in [0.5, 0.6) is 5.75 Å². The summed E-state index contributed by atoms with van der Waals surface area (Å²) >= 11 is 7.51. The van der Waals surface area contributed by atoms with Crippen molar-refractivity contribution < 1.29 is 17.8 Å². The second-order valence-corrected chi connectivity index (χ2v) is 10.8. The summed E-state index contributed by atoms with van der Waals surface area (Å²) in [6.07, 6.45) is 0.596. The Labute approximate surface area is 194 Å². The summed E-state index contributed by atoms with van der Waals surface area (Å²) in [4.78, 5) is 1.75. The molecule has 1 aliphatic rings. The van der Waals surface area contributed by atoms with E-state index < -0.39 is 10.0 Å². The number of aromatic nitrogens is 2. The molecule has 0 aliphatic carbocycles. The van der Waals surface area contributed by atoms with Gasteiger partial charge in [0.1, 0.15) is 10.6 Å². The van der Waals surface area contributed by atoms with Crippen LogP contribution in [0.15, 0.2) is 73.9 Å². The molecule has 0 amide bonds. The van der Waals surface area contributed by atoms with E-state index in [1.54, 1.807) is 25.3 Å². The molecule has 0 radical (unpaired) electrons. The molecule has 1 aromatic heterocycles. The Balaban J connectivity index is 1.49. The van der Waals surface area contributed by atoms with Gasteiger partial charge in [-0.25, -0.2) is 13.0 Å². The van der Waals surface area contributed by atoms with Crippen LogP contribution in [0.4, 0.5) is 0 Å². The molecule has 1 aliphatic heterocycles. The van der Waals surface area contributed by atoms with Crippen LogP contribution in [0.1, 0.15) is 11.1 Å². The van der Waals surface area contributed by atoms with Gasteiger partial charge < -0.3 is 4.74 Å². The molecule has 5 rings (SSSR count). The molecule has 32 heavy (non-hydrogen) atoms. The van der Waals surface area contributed by atoms with Gasteiger partial charge in [-0.1, -0.05) is 35.5 Å². The van der Waals surface area contributed by atoms with Gasteiger partial charge in [0, 0.05) is 27.9 Å². The van der Waals surface area contributed by atoms with Crippen molar-refractivity contribution in [3.05, 3.63) is 70.7 Å². The second-order valence-electron chi connectivity index (χ2n) is 7.31. The number of nitrogens with zero attached hydrogens (tertiary/aromatic N) is 3. The Bertz CT molecular complexity index is 1420. The van der Waals surface area contributed by atoms with Gasteiger partial charge >= 0.3 is 0 Å². The number of hydrogen-bond donors (Lipinski definition) is 0. The van der Waals surface area contributed by atoms with Gasteiger partial charge in [-0.15, -0.1) is 0 Å². The molecule has 0 N–H and O–H groups in total. The van der Waals surface area contributed by atoms with Crippen LogP contribution < -0.4 is 4.74 Å². The van der Waals surface area contributed by atoms with E-state index in [0.29, 0.717) is 23.5 Å². The van der Waals surface area contributed by atoms with Gasteiger partial charge in [0.25, 0.3) is 0 Å². The highest BCUT2D eigenvalue weighted by molar-refractivity contribution is 7.99. The molecule has 10 heteroatoms. The Kier molecular flexibility index (Phi) is 5.58. The van der Waals surface area contributed by atoms with Crippen LogP contribution in [-0.2, 0) is 23.0 Å². The smallest absolute Gasteiger partial charge is 0.245 e. The number of hydrogen-bond acceptors (Lipinski definition) is 7. The second kappa shape index (κ2) is 8.40. The van der Waals surface area contributed by atoms with E-state index >= 15 is 0 Å². The minimum absolute atomic E-state index is 0.0844. The van der Waals surface area contributed by atoms with Gasteiger partial charge in [0.2, 0.25) is 10.0 Å². The first-order valence-corrected chi connectivity index (χ1v) is 12.4. The molecule has 0 unspecified atom stereocenters. The maximum atomic E-state index is 13.5. The van der Waals surface area contributed by atoms with Gasteiger partial charge in [0.05, 0.1) is 7.11 Å². The maximum absolute atomic E-state index is 13.5. The lowest BCUT2D eigenvalue weighted by Gasteiger charge is -2.28. The number of rotatable bonds is 5. The maximum Gasteiger partial charge on any atom is 0.245 e. The Morgan fingerprint density at radius 1 is 1.06 bits per heavy atom. The average Bonchev–Trinajstić information content (AvgIpc) is 3.29. The quantitative estimate of drug-likeness (QED) is 0.400. The van der Waals surface area contributed by atoms with Crippen molar-refractivity contribution >= 4 is 44.4 Å². The SMILES string of the molecule is COc1cccc(Sc2ccc(S(=O)(=O)N3CCc4cc(Cl)ccc4C3)c3nonc23)c1. The highest BCUT2D eigenvalue weighted by atomic mass is 35.5. The van der Waals surface area contributed by atoms with Crippen molar-refractivity contribution in [3.8, 4) is 5.75 Å². The first-order valence-electron chi connectivity index (χ1n) is 9.80. The molecule has 164 valence electrons. The van der Waals surface area contributed by atoms with E-state index in [4.69, 9.17) is 21.0 Å². The van der Waals surface area contributed by atoms with Gasteiger partial charge in [-0.2, -0.15) is 4.31 Å². The predicted octanol–water partition coefficient (Wildman–Crippen LogP) is 4.78. The molecule has 0 bridgehead atoms. The lowest BCUT2D eigenvalue weighted by Crippen LogP contribution is -2.36. The minimum Gasteiger partial charge on any atom is -0.497 e. The highest BCUT2D eigenvalue weighted by Crippen LogP contribution is 2.37. The number of sulfonamides is 1. The summed E-state index contributed by atoms with van der Waals surface area (Å²) in [6, 6.07) is 16.4. The lowest BCUT2D eigenvalue weighted by atomic mass is 10.0. The number of fused-ring (bicyclic) bond motifs is 2. The van der Waals surface area contributed by atoms with Crippen LogP contribution >= 0.6 is 23.4 Å². The highest BCUT2D eigenvalue weighted by Gasteiger charge is 2.31.